The first-order chi connectivity index (χ1) is 36.3. The van der Waals surface area contributed by atoms with Crippen molar-refractivity contribution in [2.45, 2.75) is 102 Å². The average molecular weight is 1070 g/mol. The zero-order valence-electron chi connectivity index (χ0n) is 40.7. The van der Waals surface area contributed by atoms with E-state index in [0.29, 0.717) is 64.8 Å². The van der Waals surface area contributed by atoms with Crippen molar-refractivity contribution < 1.29 is 61.5 Å². The minimum absolute atomic E-state index is 0. The fourth-order valence-electron chi connectivity index (χ4n) is 8.81. The summed E-state index contributed by atoms with van der Waals surface area (Å²) in [6.45, 7) is 7.16. The lowest BCUT2D eigenvalue weighted by atomic mass is 10.1. The van der Waals surface area contributed by atoms with Gasteiger partial charge < -0.3 is 67.8 Å². The highest BCUT2D eigenvalue weighted by atomic mass is 35.5. The number of hydrogen-bond donors (Lipinski definition) is 6. The second-order valence-electron chi connectivity index (χ2n) is 17.9. The zero-order valence-corrected chi connectivity index (χ0v) is 41.4. The zero-order chi connectivity index (χ0) is 52.2. The third kappa shape index (κ3) is 11.4. The molecule has 30 nitrogen and oxygen atoms in total. The summed E-state index contributed by atoms with van der Waals surface area (Å²) < 4.78 is 37.0. The van der Waals surface area contributed by atoms with Gasteiger partial charge in [-0.15, -0.1) is 10.2 Å². The summed E-state index contributed by atoms with van der Waals surface area (Å²) in [6.07, 6.45) is 5.39. The fourth-order valence-corrected chi connectivity index (χ4v) is 8.81. The first kappa shape index (κ1) is 52.8. The number of nitrogens with zero attached hydrogens (tertiary/aromatic N) is 18. The normalized spacial score (nSPS) is 22.8. The van der Waals surface area contributed by atoms with E-state index in [-0.39, 0.29) is 56.3 Å². The molecule has 7 N–H and O–H groups in total. The molecule has 76 heavy (non-hydrogen) atoms. The predicted molar refractivity (Wildman–Crippen MR) is 255 cm³/mol. The van der Waals surface area contributed by atoms with Crippen molar-refractivity contribution >= 4 is 46.5 Å². The molecule has 0 bridgehead atoms. The smallest absolute Gasteiger partial charge is 0.252 e. The Balaban J connectivity index is 0.000000183. The molecular formula is C45H50ClN20O10-. The molecule has 3 aliphatic heterocycles. The van der Waals surface area contributed by atoms with Crippen LogP contribution in [-0.2, 0) is 54.6 Å². The molecule has 0 radical (unpaired) electrons. The van der Waals surface area contributed by atoms with E-state index >= 15 is 0 Å². The number of aliphatic hydroxyl groups is 2. The van der Waals surface area contributed by atoms with Gasteiger partial charge in [0.25, 0.3) is 5.91 Å². The van der Waals surface area contributed by atoms with Crippen LogP contribution in [0.1, 0.15) is 66.2 Å². The van der Waals surface area contributed by atoms with Gasteiger partial charge in [-0.1, -0.05) is 32.9 Å². The molecule has 398 valence electrons. The molecule has 0 spiro atoms. The highest BCUT2D eigenvalue weighted by Crippen LogP contribution is 2.44. The van der Waals surface area contributed by atoms with E-state index in [0.717, 1.165) is 16.9 Å². The van der Waals surface area contributed by atoms with Gasteiger partial charge in [0.15, 0.2) is 41.5 Å². The number of carbonyl (C=O) groups is 1. The van der Waals surface area contributed by atoms with Gasteiger partial charge >= 0.3 is 0 Å². The molecule has 31 heteroatoms. The van der Waals surface area contributed by atoms with Crippen LogP contribution < -0.4 is 23.5 Å². The number of nitrogen functional groups attached to an aromatic ring is 1. The van der Waals surface area contributed by atoms with Gasteiger partial charge in [-0.2, -0.15) is 0 Å². The van der Waals surface area contributed by atoms with Gasteiger partial charge in [0, 0.05) is 19.2 Å². The Morgan fingerprint density at radius 1 is 0.776 bits per heavy atom. The second kappa shape index (κ2) is 22.8. The van der Waals surface area contributed by atoms with Crippen LogP contribution in [0.15, 0.2) is 84.4 Å². The number of ether oxygens (including phenoxy) is 5. The predicted octanol–water partition coefficient (Wildman–Crippen LogP) is -3.15. The monoisotopic (exact) mass is 1070 g/mol. The van der Waals surface area contributed by atoms with Crippen molar-refractivity contribution in [3.05, 3.63) is 114 Å². The van der Waals surface area contributed by atoms with E-state index in [2.05, 4.69) is 76.1 Å². The first-order valence-corrected chi connectivity index (χ1v) is 23.3. The molecule has 3 aliphatic rings. The Labute approximate surface area is 436 Å². The highest BCUT2D eigenvalue weighted by Gasteiger charge is 2.56. The van der Waals surface area contributed by atoms with Crippen molar-refractivity contribution in [1.82, 2.24) is 84.3 Å². The summed E-state index contributed by atoms with van der Waals surface area (Å²) in [5, 5.41) is 63.5. The topological polar surface area (TPSA) is 381 Å². The van der Waals surface area contributed by atoms with Crippen LogP contribution in [0, 0.1) is 6.92 Å². The third-order valence-electron chi connectivity index (χ3n) is 12.2. The van der Waals surface area contributed by atoms with Crippen molar-refractivity contribution in [3.8, 4) is 0 Å². The molecule has 11 heterocycles. The number of amides is 1. The molecule has 11 rings (SSSR count). The van der Waals surface area contributed by atoms with E-state index in [1.54, 1.807) is 52.4 Å². The Morgan fingerprint density at radius 3 is 2.07 bits per heavy atom. The van der Waals surface area contributed by atoms with E-state index in [1.807, 2.05) is 37.5 Å². The molecule has 1 amide bonds. The minimum atomic E-state index is -1.47. The number of aryl methyl sites for hydroxylation is 1. The van der Waals surface area contributed by atoms with Gasteiger partial charge in [0.1, 0.15) is 59.9 Å². The number of pyridine rings is 2. The van der Waals surface area contributed by atoms with Gasteiger partial charge in [-0.25, -0.2) is 49.2 Å². The Bertz CT molecular complexity index is 3350. The number of imidazole rings is 2. The molecule has 0 aromatic carbocycles. The van der Waals surface area contributed by atoms with E-state index in [9.17, 15) is 15.0 Å². The molecular weight excluding hydrogens is 1020 g/mol. The maximum atomic E-state index is 12.7. The van der Waals surface area contributed by atoms with Gasteiger partial charge in [0.2, 0.25) is 0 Å². The standard InChI is InChI=1S/C24H27N9O5.C21H23N11O5.ClH/c1-14-19-22(26-12-25-14)33(13-27-19)23-21-20(37-24(2,3)38-21)18(36-23)11-35-10-17-9-32(31-30-17)8-16-6-4-5-15(29-16)7-28-34;22-18-14-19(25-9-24-18)32(10-26-14)21-16(34)15(33)17(37-21)20(35)23-5-4-13-8-31(30-29-13)7-12-3-1-2-11(28-12)6-27-36;/h4-7,9,12-13,18,20-21,23,34H,8,10-11H2,1-3H3;1-3,6,8-10,15-17,21,33-34,36H,4-5,7H2,(H,23,35)(H2,22,24,25);1H/p-1/b28-7-;27-6-;/t18-,20-,21-,23-;15-,16+,17-,21+;/m10./s1. The summed E-state index contributed by atoms with van der Waals surface area (Å²) >= 11 is 0. The second-order valence-corrected chi connectivity index (χ2v) is 17.9. The maximum absolute atomic E-state index is 12.7. The van der Waals surface area contributed by atoms with Crippen molar-refractivity contribution in [1.29, 1.82) is 0 Å². The Morgan fingerprint density at radius 2 is 1.38 bits per heavy atom. The van der Waals surface area contributed by atoms with E-state index in [4.69, 9.17) is 39.8 Å². The number of anilines is 1. The summed E-state index contributed by atoms with van der Waals surface area (Å²) in [7, 11) is 0. The molecule has 3 saturated heterocycles. The van der Waals surface area contributed by atoms with Crippen LogP contribution in [0.25, 0.3) is 22.3 Å². The lowest BCUT2D eigenvalue weighted by Crippen LogP contribution is -3.00. The van der Waals surface area contributed by atoms with Crippen molar-refractivity contribution in [2.75, 3.05) is 18.9 Å². The van der Waals surface area contributed by atoms with Crippen molar-refractivity contribution in [2.24, 2.45) is 10.3 Å². The molecule has 8 aromatic heterocycles. The SMILES string of the molecule is Cc1ncnc2c1ncn2[C@@H]1O[C@H](COCc2cn(Cc3cccc(/C=N\O)n3)nn2)[C@H]2OC(C)(C)O[C@H]21.Nc1ncnc2c1ncn2[C@@H]1O[C@H](C(=O)NCCc2cn(Cc3cccc(/C=N\O)n3)nn2)[C@@H](O)[C@H]1O.[Cl-]. The largest absolute Gasteiger partial charge is 1.00 e. The Kier molecular flexibility index (Phi) is 15.8. The number of halogens is 1. The minimum Gasteiger partial charge on any atom is -1.00 e. The first-order valence-electron chi connectivity index (χ1n) is 23.3. The Hall–Kier alpha value is -8.10. The number of aliphatic hydroxyl groups excluding tert-OH is 2. The van der Waals surface area contributed by atoms with E-state index < -0.39 is 42.5 Å². The average Bonchev–Trinajstić information content (AvgIpc) is 4.31. The van der Waals surface area contributed by atoms with Crippen LogP contribution in [-0.4, -0.2) is 174 Å². The molecule has 3 fully saturated rings. The number of nitrogens with two attached hydrogens (primary N) is 1. The van der Waals surface area contributed by atoms with Crippen LogP contribution >= 0.6 is 0 Å². The lowest BCUT2D eigenvalue weighted by Gasteiger charge is -2.24. The number of hydrogen-bond acceptors (Lipinski definition) is 25. The molecule has 8 atom stereocenters. The molecule has 8 aromatic rings. The summed E-state index contributed by atoms with van der Waals surface area (Å²) in [6, 6.07) is 10.7. The van der Waals surface area contributed by atoms with E-state index in [1.165, 1.54) is 36.0 Å². The molecule has 0 unspecified atom stereocenters. The van der Waals surface area contributed by atoms with Crippen LogP contribution in [0.3, 0.4) is 0 Å². The summed E-state index contributed by atoms with van der Waals surface area (Å²) in [5.74, 6) is -1.19. The van der Waals surface area contributed by atoms with Gasteiger partial charge in [-0.3, -0.25) is 13.9 Å². The third-order valence-corrected chi connectivity index (χ3v) is 12.2. The summed E-state index contributed by atoms with van der Waals surface area (Å²) in [4.78, 5) is 46.6. The maximum Gasteiger partial charge on any atom is 0.252 e. The number of nitrogens with one attached hydrogen (secondary N) is 1. The quantitative estimate of drug-likeness (QED) is 0.0316. The molecule has 0 saturated carbocycles. The van der Waals surface area contributed by atoms with Crippen LogP contribution in [0.2, 0.25) is 0 Å². The van der Waals surface area contributed by atoms with Gasteiger partial charge in [-0.05, 0) is 45.0 Å². The molecule has 0 aliphatic carbocycles. The number of fused-ring (bicyclic) bond motifs is 3. The fraction of sp³-hybridized carbons (Fsp3) is 0.400. The number of aromatic nitrogens is 16. The number of rotatable bonds is 16. The van der Waals surface area contributed by atoms with Crippen LogP contribution in [0.4, 0.5) is 5.82 Å². The van der Waals surface area contributed by atoms with Crippen molar-refractivity contribution in [3.63, 3.8) is 0 Å². The highest BCUT2D eigenvalue weighted by molar-refractivity contribution is 5.83. The number of oxime groups is 2. The lowest BCUT2D eigenvalue weighted by molar-refractivity contribution is -0.202. The van der Waals surface area contributed by atoms with Crippen LogP contribution in [0.5, 0.6) is 0 Å². The van der Waals surface area contributed by atoms with Gasteiger partial charge in [0.05, 0.1) is 91.7 Å². The summed E-state index contributed by atoms with van der Waals surface area (Å²) in [5.41, 5.74) is 12.4. The number of carbonyl (C=O) groups excluding carboxylic acids is 1.